The van der Waals surface area contributed by atoms with Crippen LogP contribution in [0.1, 0.15) is 44.9 Å². The molecule has 4 heteroatoms. The van der Waals surface area contributed by atoms with E-state index in [1.807, 2.05) is 11.8 Å². The summed E-state index contributed by atoms with van der Waals surface area (Å²) in [6, 6.07) is 0. The van der Waals surface area contributed by atoms with Crippen molar-refractivity contribution in [3.8, 4) is 0 Å². The first-order valence-electron chi connectivity index (χ1n) is 7.90. The van der Waals surface area contributed by atoms with Gasteiger partial charge >= 0.3 is 0 Å². The van der Waals surface area contributed by atoms with Crippen LogP contribution < -0.4 is 5.32 Å². The first-order chi connectivity index (χ1) is 9.26. The summed E-state index contributed by atoms with van der Waals surface area (Å²) < 4.78 is 0. The van der Waals surface area contributed by atoms with Crippen molar-refractivity contribution >= 4 is 16.9 Å². The van der Waals surface area contributed by atoms with Gasteiger partial charge in [0.05, 0.1) is 0 Å². The second kappa shape index (κ2) is 6.04. The molecule has 0 amide bonds. The van der Waals surface area contributed by atoms with E-state index >= 15 is 0 Å². The number of piperidine rings is 1. The highest BCUT2D eigenvalue weighted by Crippen LogP contribution is 2.37. The van der Waals surface area contributed by atoms with Gasteiger partial charge in [-0.3, -0.25) is 4.99 Å². The van der Waals surface area contributed by atoms with Gasteiger partial charge in [-0.25, -0.2) is 0 Å². The lowest BCUT2D eigenvalue weighted by atomic mass is 9.94. The van der Waals surface area contributed by atoms with Gasteiger partial charge in [-0.2, -0.15) is 0 Å². The average Bonchev–Trinajstić information content (AvgIpc) is 3.03. The summed E-state index contributed by atoms with van der Waals surface area (Å²) in [6.07, 6.45) is 9.53. The van der Waals surface area contributed by atoms with Gasteiger partial charge in [0.15, 0.2) is 5.17 Å². The van der Waals surface area contributed by atoms with Crippen LogP contribution >= 0.6 is 11.8 Å². The van der Waals surface area contributed by atoms with E-state index in [2.05, 4.69) is 17.3 Å². The summed E-state index contributed by atoms with van der Waals surface area (Å²) in [4.78, 5) is 7.26. The second-order valence-electron chi connectivity index (χ2n) is 6.62. The highest BCUT2D eigenvalue weighted by molar-refractivity contribution is 8.14. The van der Waals surface area contributed by atoms with E-state index in [9.17, 15) is 0 Å². The van der Waals surface area contributed by atoms with E-state index in [1.54, 1.807) is 0 Å². The van der Waals surface area contributed by atoms with Gasteiger partial charge in [0.1, 0.15) is 0 Å². The third-order valence-electron chi connectivity index (χ3n) is 5.05. The normalized spacial score (nSPS) is 30.3. The van der Waals surface area contributed by atoms with E-state index in [4.69, 9.17) is 4.99 Å². The minimum atomic E-state index is 0.428. The van der Waals surface area contributed by atoms with Crippen LogP contribution in [0.3, 0.4) is 0 Å². The number of thioether (sulfide) groups is 1. The fraction of sp³-hybridized carbons (Fsp3) is 0.933. The molecule has 0 aromatic carbocycles. The van der Waals surface area contributed by atoms with Crippen molar-refractivity contribution in [2.45, 2.75) is 50.5 Å². The molecular weight excluding hydrogens is 254 g/mol. The Hall–Kier alpha value is -0.220. The Morgan fingerprint density at radius 2 is 2.05 bits per heavy atom. The predicted molar refractivity (Wildman–Crippen MR) is 83.9 cm³/mol. The van der Waals surface area contributed by atoms with E-state index < -0.39 is 0 Å². The molecule has 1 saturated carbocycles. The zero-order valence-electron chi connectivity index (χ0n) is 12.2. The number of nitrogens with one attached hydrogen (secondary N) is 1. The quantitative estimate of drug-likeness (QED) is 0.862. The molecule has 0 aromatic heterocycles. The topological polar surface area (TPSA) is 27.6 Å². The van der Waals surface area contributed by atoms with Crippen LogP contribution in [-0.4, -0.2) is 48.0 Å². The van der Waals surface area contributed by atoms with E-state index in [0.29, 0.717) is 5.54 Å². The van der Waals surface area contributed by atoms with Crippen LogP contribution in [0.2, 0.25) is 0 Å². The molecule has 2 aliphatic heterocycles. The van der Waals surface area contributed by atoms with Gasteiger partial charge in [0.25, 0.3) is 0 Å². The average molecular weight is 281 g/mol. The van der Waals surface area contributed by atoms with Crippen molar-refractivity contribution in [2.24, 2.45) is 10.9 Å². The monoisotopic (exact) mass is 281 g/mol. The molecule has 108 valence electrons. The number of rotatable bonds is 3. The molecule has 2 saturated heterocycles. The van der Waals surface area contributed by atoms with Crippen LogP contribution in [-0.2, 0) is 0 Å². The summed E-state index contributed by atoms with van der Waals surface area (Å²) in [7, 11) is 2.23. The standard InChI is InChI=1S/C15H27N3S/c1-18-10-5-13(6-11-18)4-9-16-14-17-15(12-19-14)7-2-3-8-15/h13H,2-12H2,1H3,(H,16,17). The van der Waals surface area contributed by atoms with Gasteiger partial charge in [0.2, 0.25) is 0 Å². The molecule has 0 unspecified atom stereocenters. The van der Waals surface area contributed by atoms with Crippen molar-refractivity contribution < 1.29 is 0 Å². The molecule has 3 fully saturated rings. The number of hydrogen-bond donors (Lipinski definition) is 1. The fourth-order valence-corrected chi connectivity index (χ4v) is 4.86. The highest BCUT2D eigenvalue weighted by Gasteiger charge is 2.39. The minimum absolute atomic E-state index is 0.428. The Labute approximate surface area is 121 Å². The molecule has 2 heterocycles. The summed E-state index contributed by atoms with van der Waals surface area (Å²) in [6.45, 7) is 3.58. The molecule has 0 radical (unpaired) electrons. The molecule has 0 atom stereocenters. The summed E-state index contributed by atoms with van der Waals surface area (Å²) in [5, 5.41) is 4.95. The lowest BCUT2D eigenvalue weighted by molar-refractivity contribution is 0.214. The Morgan fingerprint density at radius 1 is 1.32 bits per heavy atom. The number of likely N-dealkylation sites (tertiary alicyclic amines) is 1. The zero-order chi connectivity index (χ0) is 13.1. The Kier molecular flexibility index (Phi) is 4.37. The minimum Gasteiger partial charge on any atom is -0.359 e. The van der Waals surface area contributed by atoms with Gasteiger partial charge in [-0.1, -0.05) is 24.6 Å². The number of amidine groups is 1. The number of nitrogens with zero attached hydrogens (tertiary/aromatic N) is 2. The van der Waals surface area contributed by atoms with Gasteiger partial charge < -0.3 is 10.2 Å². The fourth-order valence-electron chi connectivity index (χ4n) is 3.61. The van der Waals surface area contributed by atoms with E-state index in [1.165, 1.54) is 69.0 Å². The van der Waals surface area contributed by atoms with Crippen LogP contribution in [0, 0.1) is 5.92 Å². The number of aliphatic imine (C=N–C) groups is 1. The van der Waals surface area contributed by atoms with Crippen molar-refractivity contribution in [3.05, 3.63) is 0 Å². The highest BCUT2D eigenvalue weighted by atomic mass is 32.2. The maximum atomic E-state index is 4.81. The van der Waals surface area contributed by atoms with Crippen LogP contribution in [0.25, 0.3) is 0 Å². The van der Waals surface area contributed by atoms with Crippen molar-refractivity contribution in [3.63, 3.8) is 0 Å². The molecule has 0 aromatic rings. The Morgan fingerprint density at radius 3 is 2.79 bits per heavy atom. The molecule has 1 N–H and O–H groups in total. The zero-order valence-corrected chi connectivity index (χ0v) is 13.0. The molecule has 3 nitrogen and oxygen atoms in total. The SMILES string of the molecule is CN1CCC(CCN=C2NC3(CCCC3)CS2)CC1. The number of hydrogen-bond acceptors (Lipinski definition) is 3. The molecule has 1 aliphatic carbocycles. The van der Waals surface area contributed by atoms with Crippen molar-refractivity contribution in [1.29, 1.82) is 0 Å². The summed E-state index contributed by atoms with van der Waals surface area (Å²) in [5.74, 6) is 2.16. The van der Waals surface area contributed by atoms with Gasteiger partial charge in [-0.05, 0) is 58.2 Å². The molecule has 0 bridgehead atoms. The van der Waals surface area contributed by atoms with E-state index in [-0.39, 0.29) is 0 Å². The van der Waals surface area contributed by atoms with E-state index in [0.717, 1.165) is 12.5 Å². The summed E-state index contributed by atoms with van der Waals surface area (Å²) in [5.41, 5.74) is 0.428. The molecule has 19 heavy (non-hydrogen) atoms. The largest absolute Gasteiger partial charge is 0.359 e. The smallest absolute Gasteiger partial charge is 0.157 e. The molecular formula is C15H27N3S. The maximum absolute atomic E-state index is 4.81. The van der Waals surface area contributed by atoms with Crippen LogP contribution in [0.5, 0.6) is 0 Å². The third kappa shape index (κ3) is 3.46. The lowest BCUT2D eigenvalue weighted by Gasteiger charge is -2.28. The lowest BCUT2D eigenvalue weighted by Crippen LogP contribution is -2.40. The van der Waals surface area contributed by atoms with Crippen molar-refractivity contribution in [2.75, 3.05) is 32.4 Å². The van der Waals surface area contributed by atoms with Gasteiger partial charge in [0, 0.05) is 17.8 Å². The Balaban J connectivity index is 1.41. The van der Waals surface area contributed by atoms with Crippen LogP contribution in [0.15, 0.2) is 4.99 Å². The summed E-state index contributed by atoms with van der Waals surface area (Å²) >= 11 is 1.96. The molecule has 1 spiro atoms. The first kappa shape index (κ1) is 13.7. The molecule has 3 rings (SSSR count). The van der Waals surface area contributed by atoms with Gasteiger partial charge in [-0.15, -0.1) is 0 Å². The molecule has 3 aliphatic rings. The Bertz CT molecular complexity index is 328. The van der Waals surface area contributed by atoms with Crippen LogP contribution in [0.4, 0.5) is 0 Å². The second-order valence-corrected chi connectivity index (χ2v) is 7.59. The van der Waals surface area contributed by atoms with Crippen molar-refractivity contribution in [1.82, 2.24) is 10.2 Å². The first-order valence-corrected chi connectivity index (χ1v) is 8.88. The predicted octanol–water partition coefficient (Wildman–Crippen LogP) is 2.72. The third-order valence-corrected chi connectivity index (χ3v) is 6.25. The maximum Gasteiger partial charge on any atom is 0.157 e.